The summed E-state index contributed by atoms with van der Waals surface area (Å²) < 4.78 is 1.84. The predicted molar refractivity (Wildman–Crippen MR) is 73.0 cm³/mol. The van der Waals surface area contributed by atoms with Crippen LogP contribution in [0.5, 0.6) is 0 Å². The van der Waals surface area contributed by atoms with Crippen molar-refractivity contribution >= 4 is 11.4 Å². The maximum absolute atomic E-state index is 10.7. The Labute approximate surface area is 115 Å². The maximum atomic E-state index is 10.7. The molecule has 7 heteroatoms. The number of aryl methyl sites for hydroxylation is 1. The minimum Gasteiger partial charge on any atom is -0.378 e. The molecule has 102 valence electrons. The van der Waals surface area contributed by atoms with Crippen molar-refractivity contribution in [2.45, 2.75) is 20.0 Å². The van der Waals surface area contributed by atoms with Crippen molar-refractivity contribution in [3.05, 3.63) is 51.8 Å². The van der Waals surface area contributed by atoms with Crippen molar-refractivity contribution < 1.29 is 4.92 Å². The quantitative estimate of drug-likeness (QED) is 0.664. The molecule has 0 amide bonds. The number of nitriles is 1. The molecule has 0 spiro atoms. The molecule has 20 heavy (non-hydrogen) atoms. The second-order valence-corrected chi connectivity index (χ2v) is 4.09. The van der Waals surface area contributed by atoms with Crippen molar-refractivity contribution in [3.63, 3.8) is 0 Å². The largest absolute Gasteiger partial charge is 0.378 e. The molecule has 0 radical (unpaired) electrons. The second kappa shape index (κ2) is 5.84. The summed E-state index contributed by atoms with van der Waals surface area (Å²) in [5.74, 6) is 0. The number of nitrogens with one attached hydrogen (secondary N) is 1. The van der Waals surface area contributed by atoms with Crippen LogP contribution in [0.2, 0.25) is 0 Å². The molecule has 2 aromatic rings. The normalized spacial score (nSPS) is 10.0. The van der Waals surface area contributed by atoms with E-state index in [4.69, 9.17) is 5.26 Å². The molecule has 0 aliphatic heterocycles. The Hall–Kier alpha value is -2.88. The van der Waals surface area contributed by atoms with E-state index in [1.807, 2.05) is 23.7 Å². The smallest absolute Gasteiger partial charge is 0.270 e. The Bertz CT molecular complexity index is 672. The molecule has 1 aromatic heterocycles. The summed E-state index contributed by atoms with van der Waals surface area (Å²) in [4.78, 5) is 10.2. The van der Waals surface area contributed by atoms with Crippen molar-refractivity contribution in [3.8, 4) is 6.07 Å². The lowest BCUT2D eigenvalue weighted by Gasteiger charge is -2.09. The molecule has 2 rings (SSSR count). The van der Waals surface area contributed by atoms with E-state index in [2.05, 4.69) is 10.4 Å². The van der Waals surface area contributed by atoms with E-state index in [-0.39, 0.29) is 11.3 Å². The van der Waals surface area contributed by atoms with E-state index >= 15 is 0 Å². The van der Waals surface area contributed by atoms with E-state index in [9.17, 15) is 10.1 Å². The number of rotatable bonds is 5. The zero-order valence-electron chi connectivity index (χ0n) is 10.9. The minimum absolute atomic E-state index is 0.0919. The third-order valence-electron chi connectivity index (χ3n) is 2.90. The van der Waals surface area contributed by atoms with Crippen molar-refractivity contribution in [1.82, 2.24) is 9.78 Å². The van der Waals surface area contributed by atoms with Crippen LogP contribution in [0.4, 0.5) is 11.4 Å². The van der Waals surface area contributed by atoms with E-state index < -0.39 is 4.92 Å². The summed E-state index contributed by atoms with van der Waals surface area (Å²) in [5, 5.41) is 27.0. The number of nitrogens with zero attached hydrogens (tertiary/aromatic N) is 4. The highest BCUT2D eigenvalue weighted by Gasteiger charge is 2.10. The van der Waals surface area contributed by atoms with E-state index in [1.54, 1.807) is 12.3 Å². The molecule has 0 saturated heterocycles. The number of nitro benzene ring substituents is 1. The first kappa shape index (κ1) is 13.5. The molecular weight excluding hydrogens is 258 g/mol. The first-order chi connectivity index (χ1) is 9.65. The van der Waals surface area contributed by atoms with Crippen LogP contribution in [0.25, 0.3) is 0 Å². The zero-order chi connectivity index (χ0) is 14.5. The summed E-state index contributed by atoms with van der Waals surface area (Å²) in [6, 6.07) is 8.03. The van der Waals surface area contributed by atoms with Gasteiger partial charge in [-0.2, -0.15) is 10.4 Å². The number of nitro groups is 1. The number of benzene rings is 1. The molecule has 1 N–H and O–H groups in total. The van der Waals surface area contributed by atoms with Crippen molar-refractivity contribution in [2.24, 2.45) is 0 Å². The SMILES string of the molecule is CCn1nccc1CNc1ccc([N+](=O)[O-])cc1C#N. The summed E-state index contributed by atoms with van der Waals surface area (Å²) >= 11 is 0. The lowest BCUT2D eigenvalue weighted by molar-refractivity contribution is -0.384. The molecule has 0 aliphatic carbocycles. The summed E-state index contributed by atoms with van der Waals surface area (Å²) in [6.45, 7) is 3.25. The summed E-state index contributed by atoms with van der Waals surface area (Å²) in [7, 11) is 0. The zero-order valence-corrected chi connectivity index (χ0v) is 10.9. The van der Waals surface area contributed by atoms with Gasteiger partial charge in [-0.3, -0.25) is 14.8 Å². The Morgan fingerprint density at radius 3 is 2.95 bits per heavy atom. The maximum Gasteiger partial charge on any atom is 0.270 e. The molecule has 1 heterocycles. The molecule has 0 bridgehead atoms. The van der Waals surface area contributed by atoms with Gasteiger partial charge in [0.1, 0.15) is 6.07 Å². The van der Waals surface area contributed by atoms with Gasteiger partial charge in [-0.25, -0.2) is 0 Å². The Morgan fingerprint density at radius 1 is 1.50 bits per heavy atom. The average molecular weight is 271 g/mol. The molecule has 0 saturated carbocycles. The third kappa shape index (κ3) is 2.75. The van der Waals surface area contributed by atoms with Crippen LogP contribution in [0, 0.1) is 21.4 Å². The molecule has 7 nitrogen and oxygen atoms in total. The monoisotopic (exact) mass is 271 g/mol. The summed E-state index contributed by atoms with van der Waals surface area (Å²) in [5.41, 5.74) is 1.71. The van der Waals surface area contributed by atoms with Gasteiger partial charge >= 0.3 is 0 Å². The van der Waals surface area contributed by atoms with Crippen LogP contribution in [0.3, 0.4) is 0 Å². The standard InChI is InChI=1S/C13H13N5O2/c1-2-17-12(5-6-16-17)9-15-13-4-3-11(18(19)20)7-10(13)8-14/h3-7,15H,2,9H2,1H3. The van der Waals surface area contributed by atoms with Crippen LogP contribution in [0.1, 0.15) is 18.2 Å². The van der Waals surface area contributed by atoms with Gasteiger partial charge in [0.2, 0.25) is 0 Å². The van der Waals surface area contributed by atoms with Crippen molar-refractivity contribution in [2.75, 3.05) is 5.32 Å². The van der Waals surface area contributed by atoms with Gasteiger partial charge in [0.15, 0.2) is 0 Å². The van der Waals surface area contributed by atoms with Gasteiger partial charge in [0, 0.05) is 24.9 Å². The van der Waals surface area contributed by atoms with E-state index in [1.165, 1.54) is 12.1 Å². The fraction of sp³-hybridized carbons (Fsp3) is 0.231. The Kier molecular flexibility index (Phi) is 3.96. The van der Waals surface area contributed by atoms with Gasteiger partial charge in [-0.1, -0.05) is 0 Å². The van der Waals surface area contributed by atoms with Gasteiger partial charge in [-0.05, 0) is 19.1 Å². The summed E-state index contributed by atoms with van der Waals surface area (Å²) in [6.07, 6.45) is 1.71. The topological polar surface area (TPSA) is 96.8 Å². The lowest BCUT2D eigenvalue weighted by Crippen LogP contribution is -2.08. The highest BCUT2D eigenvalue weighted by molar-refractivity contribution is 5.61. The molecular formula is C13H13N5O2. The van der Waals surface area contributed by atoms with Crippen molar-refractivity contribution in [1.29, 1.82) is 5.26 Å². The van der Waals surface area contributed by atoms with Crippen LogP contribution in [-0.2, 0) is 13.1 Å². The second-order valence-electron chi connectivity index (χ2n) is 4.09. The first-order valence-corrected chi connectivity index (χ1v) is 6.08. The lowest BCUT2D eigenvalue weighted by atomic mass is 10.1. The average Bonchev–Trinajstić information content (AvgIpc) is 2.92. The van der Waals surface area contributed by atoms with Gasteiger partial charge < -0.3 is 5.32 Å². The first-order valence-electron chi connectivity index (χ1n) is 6.08. The Balaban J connectivity index is 2.18. The van der Waals surface area contributed by atoms with Gasteiger partial charge in [-0.15, -0.1) is 0 Å². The van der Waals surface area contributed by atoms with Crippen LogP contribution < -0.4 is 5.32 Å². The molecule has 0 fully saturated rings. The minimum atomic E-state index is -0.517. The van der Waals surface area contributed by atoms with Crippen LogP contribution >= 0.6 is 0 Å². The highest BCUT2D eigenvalue weighted by atomic mass is 16.6. The predicted octanol–water partition coefficient (Wildman–Crippen LogP) is 2.29. The number of anilines is 1. The van der Waals surface area contributed by atoms with E-state index in [0.717, 1.165) is 12.2 Å². The molecule has 1 aromatic carbocycles. The number of aromatic nitrogens is 2. The molecule has 0 aliphatic rings. The van der Waals surface area contributed by atoms with Gasteiger partial charge in [0.05, 0.1) is 28.4 Å². The number of non-ortho nitro benzene ring substituents is 1. The Morgan fingerprint density at radius 2 is 2.30 bits per heavy atom. The van der Waals surface area contributed by atoms with Crippen LogP contribution in [0.15, 0.2) is 30.5 Å². The molecule has 0 atom stereocenters. The fourth-order valence-corrected chi connectivity index (χ4v) is 1.87. The molecule has 0 unspecified atom stereocenters. The number of hydrogen-bond acceptors (Lipinski definition) is 5. The van der Waals surface area contributed by atoms with Crippen LogP contribution in [-0.4, -0.2) is 14.7 Å². The number of hydrogen-bond donors (Lipinski definition) is 1. The third-order valence-corrected chi connectivity index (χ3v) is 2.90. The highest BCUT2D eigenvalue weighted by Crippen LogP contribution is 2.21. The van der Waals surface area contributed by atoms with Gasteiger partial charge in [0.25, 0.3) is 5.69 Å². The fourth-order valence-electron chi connectivity index (χ4n) is 1.87. The van der Waals surface area contributed by atoms with E-state index in [0.29, 0.717) is 12.2 Å².